The summed E-state index contributed by atoms with van der Waals surface area (Å²) in [4.78, 5) is 11.6. The van der Waals surface area contributed by atoms with Crippen LogP contribution in [0, 0.1) is 12.8 Å². The van der Waals surface area contributed by atoms with Gasteiger partial charge in [-0.25, -0.2) is 0 Å². The van der Waals surface area contributed by atoms with Crippen molar-refractivity contribution in [3.63, 3.8) is 0 Å². The van der Waals surface area contributed by atoms with Crippen molar-refractivity contribution < 1.29 is 24.1 Å². The Morgan fingerprint density at radius 3 is 2.11 bits per heavy atom. The summed E-state index contributed by atoms with van der Waals surface area (Å²) in [5.74, 6) is 1.20. The van der Waals surface area contributed by atoms with Gasteiger partial charge < -0.3 is 19.3 Å². The number of rotatable bonds is 13. The Bertz CT molecular complexity index is 1080. The van der Waals surface area contributed by atoms with Gasteiger partial charge in [-0.15, -0.1) is 0 Å². The van der Waals surface area contributed by atoms with Gasteiger partial charge in [0.05, 0.1) is 27.4 Å². The highest BCUT2D eigenvalue weighted by Crippen LogP contribution is 2.36. The Labute approximate surface area is 215 Å². The molecule has 0 heterocycles. The van der Waals surface area contributed by atoms with E-state index in [1.54, 1.807) is 14.2 Å². The number of carbonyl (C=O) groups is 1. The Balaban J connectivity index is 1.82. The molecule has 3 aromatic carbocycles. The van der Waals surface area contributed by atoms with Crippen LogP contribution in [0.3, 0.4) is 0 Å². The molecule has 0 fully saturated rings. The van der Waals surface area contributed by atoms with Crippen molar-refractivity contribution in [2.75, 3.05) is 21.3 Å². The largest absolute Gasteiger partial charge is 0.496 e. The van der Waals surface area contributed by atoms with E-state index in [0.29, 0.717) is 24.3 Å². The number of hydrogen-bond acceptors (Lipinski definition) is 5. The maximum absolute atomic E-state index is 11.6. The SMILES string of the molecule is COC(=O)CCc1cccc(C[C@@H](CCCc2ccccc2)C(O)c2cc(OC)c(C)c(OC)c2)c1. The molecule has 5 nitrogen and oxygen atoms in total. The molecule has 0 aromatic heterocycles. The third kappa shape index (κ3) is 7.59. The molecule has 36 heavy (non-hydrogen) atoms. The molecule has 0 saturated carbocycles. The van der Waals surface area contributed by atoms with Crippen LogP contribution in [0.25, 0.3) is 0 Å². The first-order chi connectivity index (χ1) is 17.4. The zero-order chi connectivity index (χ0) is 25.9. The lowest BCUT2D eigenvalue weighted by molar-refractivity contribution is -0.140. The van der Waals surface area contributed by atoms with Crippen LogP contribution in [-0.2, 0) is 28.8 Å². The zero-order valence-corrected chi connectivity index (χ0v) is 21.8. The zero-order valence-electron chi connectivity index (χ0n) is 21.8. The Morgan fingerprint density at radius 1 is 0.833 bits per heavy atom. The topological polar surface area (TPSA) is 65.0 Å². The molecular formula is C31H38O5. The molecule has 0 aliphatic rings. The van der Waals surface area contributed by atoms with Gasteiger partial charge in [0.1, 0.15) is 11.5 Å². The molecule has 0 spiro atoms. The van der Waals surface area contributed by atoms with Crippen LogP contribution in [-0.4, -0.2) is 32.4 Å². The summed E-state index contributed by atoms with van der Waals surface area (Å²) in [7, 11) is 4.68. The number of methoxy groups -OCH3 is 3. The summed E-state index contributed by atoms with van der Waals surface area (Å²) in [5, 5.41) is 11.6. The van der Waals surface area contributed by atoms with Gasteiger partial charge >= 0.3 is 5.97 Å². The number of aliphatic hydroxyl groups is 1. The van der Waals surface area contributed by atoms with Crippen LogP contribution >= 0.6 is 0 Å². The number of esters is 1. The highest BCUT2D eigenvalue weighted by atomic mass is 16.5. The fourth-order valence-electron chi connectivity index (χ4n) is 4.70. The minimum absolute atomic E-state index is 0.00156. The van der Waals surface area contributed by atoms with Gasteiger partial charge in [-0.3, -0.25) is 4.79 Å². The smallest absolute Gasteiger partial charge is 0.305 e. The monoisotopic (exact) mass is 490 g/mol. The van der Waals surface area contributed by atoms with Gasteiger partial charge in [0.15, 0.2) is 0 Å². The molecule has 0 aliphatic heterocycles. The lowest BCUT2D eigenvalue weighted by Gasteiger charge is -2.25. The van der Waals surface area contributed by atoms with E-state index in [4.69, 9.17) is 14.2 Å². The van der Waals surface area contributed by atoms with Crippen molar-refractivity contribution in [2.45, 2.75) is 51.6 Å². The predicted octanol–water partition coefficient (Wildman–Crippen LogP) is 6.03. The van der Waals surface area contributed by atoms with Crippen LogP contribution in [0.1, 0.15) is 53.2 Å². The van der Waals surface area contributed by atoms with E-state index in [1.165, 1.54) is 12.7 Å². The number of hydrogen-bond donors (Lipinski definition) is 1. The normalized spacial score (nSPS) is 12.6. The van der Waals surface area contributed by atoms with E-state index < -0.39 is 6.10 Å². The molecule has 0 radical (unpaired) electrons. The number of aryl methyl sites for hydroxylation is 2. The molecule has 3 rings (SSSR count). The van der Waals surface area contributed by atoms with Crippen molar-refractivity contribution >= 4 is 5.97 Å². The second-order valence-corrected chi connectivity index (χ2v) is 9.23. The molecule has 1 N–H and O–H groups in total. The fraction of sp³-hybridized carbons (Fsp3) is 0.387. The van der Waals surface area contributed by atoms with E-state index in [0.717, 1.165) is 47.9 Å². The quantitative estimate of drug-likeness (QED) is 0.296. The molecule has 5 heteroatoms. The van der Waals surface area contributed by atoms with Crippen LogP contribution < -0.4 is 9.47 Å². The van der Waals surface area contributed by atoms with Gasteiger partial charge in [-0.1, -0.05) is 54.6 Å². The van der Waals surface area contributed by atoms with E-state index in [9.17, 15) is 9.90 Å². The van der Waals surface area contributed by atoms with E-state index in [1.807, 2.05) is 37.3 Å². The summed E-state index contributed by atoms with van der Waals surface area (Å²) in [6.07, 6.45) is 3.82. The van der Waals surface area contributed by atoms with Crippen molar-refractivity contribution in [1.29, 1.82) is 0 Å². The first kappa shape index (κ1) is 27.3. The maximum Gasteiger partial charge on any atom is 0.305 e. The van der Waals surface area contributed by atoms with E-state index in [2.05, 4.69) is 36.4 Å². The van der Waals surface area contributed by atoms with E-state index in [-0.39, 0.29) is 11.9 Å². The molecular weight excluding hydrogens is 452 g/mol. The minimum atomic E-state index is -0.678. The van der Waals surface area contributed by atoms with Crippen LogP contribution in [0.15, 0.2) is 66.7 Å². The predicted molar refractivity (Wildman–Crippen MR) is 143 cm³/mol. The first-order valence-corrected chi connectivity index (χ1v) is 12.5. The Morgan fingerprint density at radius 2 is 1.47 bits per heavy atom. The number of aliphatic hydroxyl groups excluding tert-OH is 1. The second-order valence-electron chi connectivity index (χ2n) is 9.23. The van der Waals surface area contributed by atoms with Crippen molar-refractivity contribution in [1.82, 2.24) is 0 Å². The van der Waals surface area contributed by atoms with Gasteiger partial charge in [0.2, 0.25) is 0 Å². The summed E-state index contributed by atoms with van der Waals surface area (Å²) in [5.41, 5.74) is 5.24. The Kier molecular flexibility index (Phi) is 10.4. The number of ether oxygens (including phenoxy) is 3. The molecule has 1 unspecified atom stereocenters. The van der Waals surface area contributed by atoms with Gasteiger partial charge in [-0.2, -0.15) is 0 Å². The van der Waals surface area contributed by atoms with Gasteiger partial charge in [0, 0.05) is 12.0 Å². The van der Waals surface area contributed by atoms with Gasteiger partial charge in [-0.05, 0) is 79.3 Å². The van der Waals surface area contributed by atoms with Crippen LogP contribution in [0.2, 0.25) is 0 Å². The van der Waals surface area contributed by atoms with Crippen molar-refractivity contribution in [3.8, 4) is 11.5 Å². The average molecular weight is 491 g/mol. The lowest BCUT2D eigenvalue weighted by atomic mass is 9.84. The molecule has 3 aromatic rings. The highest BCUT2D eigenvalue weighted by Gasteiger charge is 2.24. The molecule has 0 saturated heterocycles. The fourth-order valence-corrected chi connectivity index (χ4v) is 4.70. The number of carbonyl (C=O) groups excluding carboxylic acids is 1. The molecule has 0 bridgehead atoms. The third-order valence-electron chi connectivity index (χ3n) is 6.78. The van der Waals surface area contributed by atoms with Gasteiger partial charge in [0.25, 0.3) is 0 Å². The maximum atomic E-state index is 11.6. The highest BCUT2D eigenvalue weighted by molar-refractivity contribution is 5.69. The molecule has 192 valence electrons. The molecule has 0 amide bonds. The molecule has 2 atom stereocenters. The lowest BCUT2D eigenvalue weighted by Crippen LogP contribution is -2.17. The summed E-state index contributed by atoms with van der Waals surface area (Å²) < 4.78 is 15.9. The third-order valence-corrected chi connectivity index (χ3v) is 6.78. The molecule has 0 aliphatic carbocycles. The van der Waals surface area contributed by atoms with E-state index >= 15 is 0 Å². The Hall–Kier alpha value is -3.31. The summed E-state index contributed by atoms with van der Waals surface area (Å²) in [6.45, 7) is 1.95. The standard InChI is InChI=1S/C31H38O5/c1-22-28(34-2)20-27(21-29(22)35-3)31(33)26(15-9-12-23-10-6-5-7-11-23)19-25-14-8-13-24(18-25)16-17-30(32)36-4/h5-8,10-11,13-14,18,20-21,26,31,33H,9,12,15-17,19H2,1-4H3/t26-,31?/m1/s1. The first-order valence-electron chi connectivity index (χ1n) is 12.5. The van der Waals surface area contributed by atoms with Crippen LogP contribution in [0.5, 0.6) is 11.5 Å². The average Bonchev–Trinajstić information content (AvgIpc) is 2.91. The summed E-state index contributed by atoms with van der Waals surface area (Å²) >= 11 is 0. The van der Waals surface area contributed by atoms with Crippen molar-refractivity contribution in [2.24, 2.45) is 5.92 Å². The summed E-state index contributed by atoms with van der Waals surface area (Å²) in [6, 6.07) is 22.6. The number of benzene rings is 3. The van der Waals surface area contributed by atoms with Crippen LogP contribution in [0.4, 0.5) is 0 Å². The van der Waals surface area contributed by atoms with Crippen molar-refractivity contribution in [3.05, 3.63) is 94.5 Å². The minimum Gasteiger partial charge on any atom is -0.496 e. The second kappa shape index (κ2) is 13.7.